The van der Waals surface area contributed by atoms with Gasteiger partial charge < -0.3 is 9.47 Å². The van der Waals surface area contributed by atoms with Crippen LogP contribution in [0.1, 0.15) is 18.1 Å². The second-order valence-electron chi connectivity index (χ2n) is 3.67. The Kier molecular flexibility index (Phi) is 4.11. The number of rotatable bonds is 4. The highest BCUT2D eigenvalue weighted by atomic mass is 16.7. The van der Waals surface area contributed by atoms with Crippen molar-refractivity contribution in [3.63, 3.8) is 0 Å². The van der Waals surface area contributed by atoms with Gasteiger partial charge in [0.2, 0.25) is 6.79 Å². The fourth-order valence-corrected chi connectivity index (χ4v) is 1.15. The van der Waals surface area contributed by atoms with E-state index in [4.69, 9.17) is 9.47 Å². The molecule has 0 N–H and O–H groups in total. The Labute approximate surface area is 95.7 Å². The molecular formula is C13H16O3. The number of aryl methyl sites for hydroxylation is 1. The molecule has 16 heavy (non-hydrogen) atoms. The molecule has 0 fully saturated rings. The molecule has 0 unspecified atom stereocenters. The number of benzene rings is 1. The highest BCUT2D eigenvalue weighted by molar-refractivity contribution is 5.86. The standard InChI is InChI=1S/C13H16O3/c1-9(2)13(14)16-8-15-12-7-5-6-10(3)11(12)4/h5-7H,1,8H2,2-4H3. The van der Waals surface area contributed by atoms with Gasteiger partial charge in [-0.3, -0.25) is 0 Å². The SMILES string of the molecule is C=C(C)C(=O)OCOc1cccc(C)c1C. The molecule has 0 heterocycles. The van der Waals surface area contributed by atoms with Crippen molar-refractivity contribution in [2.45, 2.75) is 20.8 Å². The molecule has 0 radical (unpaired) electrons. The summed E-state index contributed by atoms with van der Waals surface area (Å²) in [7, 11) is 0. The third-order valence-corrected chi connectivity index (χ3v) is 2.31. The first kappa shape index (κ1) is 12.3. The summed E-state index contributed by atoms with van der Waals surface area (Å²) in [6.45, 7) is 8.96. The lowest BCUT2D eigenvalue weighted by atomic mass is 10.1. The molecule has 0 spiro atoms. The van der Waals surface area contributed by atoms with Crippen molar-refractivity contribution in [1.82, 2.24) is 0 Å². The van der Waals surface area contributed by atoms with E-state index >= 15 is 0 Å². The zero-order valence-electron chi connectivity index (χ0n) is 9.87. The van der Waals surface area contributed by atoms with Crippen LogP contribution >= 0.6 is 0 Å². The maximum absolute atomic E-state index is 11.1. The molecular weight excluding hydrogens is 204 g/mol. The second-order valence-corrected chi connectivity index (χ2v) is 3.67. The second kappa shape index (κ2) is 5.35. The molecule has 3 heteroatoms. The van der Waals surface area contributed by atoms with E-state index < -0.39 is 5.97 Å². The summed E-state index contributed by atoms with van der Waals surface area (Å²) < 4.78 is 10.2. The fraction of sp³-hybridized carbons (Fsp3) is 0.308. The van der Waals surface area contributed by atoms with E-state index in [-0.39, 0.29) is 6.79 Å². The van der Waals surface area contributed by atoms with E-state index in [2.05, 4.69) is 6.58 Å². The number of hydrogen-bond acceptors (Lipinski definition) is 3. The summed E-state index contributed by atoms with van der Waals surface area (Å²) in [5.74, 6) is 0.292. The predicted molar refractivity (Wildman–Crippen MR) is 62.3 cm³/mol. The van der Waals surface area contributed by atoms with E-state index in [1.54, 1.807) is 6.92 Å². The minimum Gasteiger partial charge on any atom is -0.457 e. The van der Waals surface area contributed by atoms with E-state index in [0.717, 1.165) is 16.9 Å². The van der Waals surface area contributed by atoms with Crippen LogP contribution < -0.4 is 4.74 Å². The van der Waals surface area contributed by atoms with Crippen molar-refractivity contribution in [2.24, 2.45) is 0 Å². The van der Waals surface area contributed by atoms with Gasteiger partial charge in [-0.15, -0.1) is 0 Å². The average Bonchev–Trinajstić information content (AvgIpc) is 2.24. The Hall–Kier alpha value is -1.77. The van der Waals surface area contributed by atoms with Crippen LogP contribution in [-0.2, 0) is 9.53 Å². The first-order chi connectivity index (χ1) is 7.52. The first-order valence-electron chi connectivity index (χ1n) is 5.04. The summed E-state index contributed by atoms with van der Waals surface area (Å²) >= 11 is 0. The van der Waals surface area contributed by atoms with E-state index in [0.29, 0.717) is 5.57 Å². The maximum atomic E-state index is 11.1. The van der Waals surface area contributed by atoms with Gasteiger partial charge in [-0.2, -0.15) is 0 Å². The zero-order chi connectivity index (χ0) is 12.1. The van der Waals surface area contributed by atoms with E-state index in [1.165, 1.54) is 0 Å². The van der Waals surface area contributed by atoms with Gasteiger partial charge in [0.1, 0.15) is 5.75 Å². The van der Waals surface area contributed by atoms with Crippen LogP contribution in [0.3, 0.4) is 0 Å². The van der Waals surface area contributed by atoms with Crippen LogP contribution in [0.5, 0.6) is 5.75 Å². The van der Waals surface area contributed by atoms with Gasteiger partial charge in [-0.25, -0.2) is 4.79 Å². The van der Waals surface area contributed by atoms with Crippen molar-refractivity contribution in [3.8, 4) is 5.75 Å². The van der Waals surface area contributed by atoms with Crippen molar-refractivity contribution in [1.29, 1.82) is 0 Å². The van der Waals surface area contributed by atoms with Gasteiger partial charge in [0.25, 0.3) is 0 Å². The third kappa shape index (κ3) is 3.12. The minimum absolute atomic E-state index is 0.0873. The predicted octanol–water partition coefficient (Wildman–Crippen LogP) is 2.76. The largest absolute Gasteiger partial charge is 0.457 e. The number of esters is 1. The Bertz CT molecular complexity index is 408. The lowest BCUT2D eigenvalue weighted by Gasteiger charge is -2.10. The molecule has 0 aliphatic heterocycles. The van der Waals surface area contributed by atoms with Crippen LogP contribution in [0.25, 0.3) is 0 Å². The normalized spacial score (nSPS) is 9.69. The Balaban J connectivity index is 2.52. The van der Waals surface area contributed by atoms with Crippen molar-refractivity contribution in [3.05, 3.63) is 41.5 Å². The van der Waals surface area contributed by atoms with Crippen LogP contribution in [0.2, 0.25) is 0 Å². The summed E-state index contributed by atoms with van der Waals surface area (Å²) in [6.07, 6.45) is 0. The first-order valence-corrected chi connectivity index (χ1v) is 5.04. The Morgan fingerprint density at radius 3 is 2.69 bits per heavy atom. The van der Waals surface area contributed by atoms with Gasteiger partial charge in [0.15, 0.2) is 0 Å². The number of hydrogen-bond donors (Lipinski definition) is 0. The fourth-order valence-electron chi connectivity index (χ4n) is 1.15. The van der Waals surface area contributed by atoms with E-state index in [9.17, 15) is 4.79 Å². The van der Waals surface area contributed by atoms with Crippen LogP contribution in [0.15, 0.2) is 30.4 Å². The molecule has 0 saturated carbocycles. The summed E-state index contributed by atoms with van der Waals surface area (Å²) in [5, 5.41) is 0. The minimum atomic E-state index is -0.440. The molecule has 86 valence electrons. The Morgan fingerprint density at radius 2 is 2.06 bits per heavy atom. The average molecular weight is 220 g/mol. The zero-order valence-corrected chi connectivity index (χ0v) is 9.87. The maximum Gasteiger partial charge on any atom is 0.335 e. The molecule has 1 aromatic carbocycles. The monoisotopic (exact) mass is 220 g/mol. The highest BCUT2D eigenvalue weighted by Crippen LogP contribution is 2.20. The molecule has 0 atom stereocenters. The van der Waals surface area contributed by atoms with Gasteiger partial charge in [-0.1, -0.05) is 18.7 Å². The third-order valence-electron chi connectivity index (χ3n) is 2.31. The van der Waals surface area contributed by atoms with Gasteiger partial charge >= 0.3 is 5.97 Å². The lowest BCUT2D eigenvalue weighted by molar-refractivity contribution is -0.145. The van der Waals surface area contributed by atoms with Gasteiger partial charge in [0.05, 0.1) is 0 Å². The van der Waals surface area contributed by atoms with Crippen molar-refractivity contribution in [2.75, 3.05) is 6.79 Å². The molecule has 1 aromatic rings. The van der Waals surface area contributed by atoms with Crippen LogP contribution in [0, 0.1) is 13.8 Å². The van der Waals surface area contributed by atoms with E-state index in [1.807, 2.05) is 32.0 Å². The van der Waals surface area contributed by atoms with Gasteiger partial charge in [0, 0.05) is 5.57 Å². The molecule has 0 aromatic heterocycles. The lowest BCUT2D eigenvalue weighted by Crippen LogP contribution is -2.11. The molecule has 0 amide bonds. The van der Waals surface area contributed by atoms with Crippen LogP contribution in [-0.4, -0.2) is 12.8 Å². The highest BCUT2D eigenvalue weighted by Gasteiger charge is 2.05. The molecule has 0 aliphatic carbocycles. The number of carbonyl (C=O) groups excluding carboxylic acids is 1. The molecule has 0 aliphatic rings. The van der Waals surface area contributed by atoms with Gasteiger partial charge in [-0.05, 0) is 38.0 Å². The molecule has 1 rings (SSSR count). The summed E-state index contributed by atoms with van der Waals surface area (Å²) in [5.41, 5.74) is 2.56. The Morgan fingerprint density at radius 1 is 1.38 bits per heavy atom. The number of ether oxygens (including phenoxy) is 2. The van der Waals surface area contributed by atoms with Crippen molar-refractivity contribution < 1.29 is 14.3 Å². The molecule has 0 bridgehead atoms. The topological polar surface area (TPSA) is 35.5 Å². The summed E-state index contributed by atoms with van der Waals surface area (Å²) in [6, 6.07) is 5.75. The quantitative estimate of drug-likeness (QED) is 0.444. The number of carbonyl (C=O) groups is 1. The molecule has 3 nitrogen and oxygen atoms in total. The van der Waals surface area contributed by atoms with Crippen LogP contribution in [0.4, 0.5) is 0 Å². The molecule has 0 saturated heterocycles. The smallest absolute Gasteiger partial charge is 0.335 e. The van der Waals surface area contributed by atoms with Crippen molar-refractivity contribution >= 4 is 5.97 Å². The summed E-state index contributed by atoms with van der Waals surface area (Å²) in [4.78, 5) is 11.1.